The quantitative estimate of drug-likeness (QED) is 0.0851. The van der Waals surface area contributed by atoms with Gasteiger partial charge in [-0.3, -0.25) is 14.2 Å². The number of aromatic nitrogens is 5. The number of carbonyl (C=O) groups excluding carboxylic acids is 5. The molecule has 11 rings (SSSR count). The van der Waals surface area contributed by atoms with Gasteiger partial charge in [-0.15, -0.1) is 11.3 Å². The first-order chi connectivity index (χ1) is 35.3. The fraction of sp³-hybridized carbons (Fsp3) is 0.442. The van der Waals surface area contributed by atoms with Gasteiger partial charge in [-0.05, 0) is 92.8 Å². The lowest BCUT2D eigenvalue weighted by Crippen LogP contribution is -2.62. The number of H-pyrrole nitrogens is 2. The molecule has 4 N–H and O–H groups in total. The van der Waals surface area contributed by atoms with Gasteiger partial charge in [0.2, 0.25) is 18.0 Å². The summed E-state index contributed by atoms with van der Waals surface area (Å²) in [6.07, 6.45) is 6.03. The highest BCUT2D eigenvalue weighted by atomic mass is 32.1. The molecule has 2 unspecified atom stereocenters. The van der Waals surface area contributed by atoms with Crippen molar-refractivity contribution in [1.82, 2.24) is 49.8 Å². The number of benzene rings is 2. The van der Waals surface area contributed by atoms with Crippen molar-refractivity contribution in [3.8, 4) is 39.5 Å². The van der Waals surface area contributed by atoms with E-state index in [1.165, 1.54) is 37.2 Å². The Labute approximate surface area is 463 Å². The number of hydrogen-bond acceptors (Lipinski definition) is 12. The Balaban J connectivity index is 0.00000255. The number of alkyl carbamates (subject to hydrolysis) is 2. The Morgan fingerprint density at radius 3 is 1.99 bits per heavy atom. The monoisotopic (exact) mass is 1120 g/mol. The predicted octanol–water partition coefficient (Wildman–Crippen LogP) is 8.57. The van der Waals surface area contributed by atoms with E-state index in [0.717, 1.165) is 52.7 Å². The number of carbonyl (C=O) groups is 5. The minimum absolute atomic E-state index is 0. The largest absolute Gasteiger partial charge is 0.464 e. The van der Waals surface area contributed by atoms with E-state index in [4.69, 9.17) is 28.9 Å². The van der Waals surface area contributed by atoms with Crippen molar-refractivity contribution in [2.45, 2.75) is 88.7 Å². The first kappa shape index (κ1) is 55.9. The Bertz CT molecular complexity index is 3150. The van der Waals surface area contributed by atoms with Gasteiger partial charge in [0.15, 0.2) is 0 Å². The molecule has 406 valence electrons. The van der Waals surface area contributed by atoms with Crippen molar-refractivity contribution in [2.24, 2.45) is 11.8 Å². The molecule has 0 radical (unpaired) electrons. The van der Waals surface area contributed by atoms with Gasteiger partial charge in [-0.2, -0.15) is 40.5 Å². The summed E-state index contributed by atoms with van der Waals surface area (Å²) in [7, 11) is 3.81. The van der Waals surface area contributed by atoms with Gasteiger partial charge in [0.25, 0.3) is 0 Å². The average Bonchev–Trinajstić information content (AvgIpc) is 4.10. The first-order valence-corrected chi connectivity index (χ1v) is 25.6. The zero-order valence-electron chi connectivity index (χ0n) is 42.6. The van der Waals surface area contributed by atoms with Crippen LogP contribution in [0, 0.1) is 17.7 Å². The SMILES string of the molecule is COC(=O)NC(C(=O)N1CCC[C@H]1c1ncc(-c2ccc3c(c2)cc2n3C(c3ccc(C4CC4)s3)Oc3cc(-c4cnc([C@@H]5CCCN5C(=O)[C@@H](NC(=O)OC)C(C)C)[nH]4)cc(F)c3-2)[nH]1)C1CN(C(=O)OC)C1.S.S.S. The Morgan fingerprint density at radius 1 is 0.750 bits per heavy atom. The third-order valence-corrected chi connectivity index (χ3v) is 16.2. The maximum atomic E-state index is 17.0. The zero-order valence-corrected chi connectivity index (χ0v) is 46.4. The molecule has 4 aliphatic heterocycles. The molecule has 3 saturated heterocycles. The van der Waals surface area contributed by atoms with Crippen LogP contribution in [0.25, 0.3) is 44.7 Å². The van der Waals surface area contributed by atoms with Crippen LogP contribution >= 0.6 is 51.8 Å². The van der Waals surface area contributed by atoms with Crippen LogP contribution in [-0.2, 0) is 23.8 Å². The second-order valence-electron chi connectivity index (χ2n) is 19.8. The molecule has 19 nitrogen and oxygen atoms in total. The summed E-state index contributed by atoms with van der Waals surface area (Å²) in [6.45, 7) is 5.20. The number of likely N-dealkylation sites (tertiary alicyclic amines) is 3. The molecular weight excluding hydrogens is 1060 g/mol. The normalized spacial score (nSPS) is 19.5. The number of amides is 5. The van der Waals surface area contributed by atoms with Crippen molar-refractivity contribution in [1.29, 1.82) is 0 Å². The van der Waals surface area contributed by atoms with Crippen LogP contribution in [0.15, 0.2) is 60.9 Å². The number of halogens is 1. The molecule has 8 heterocycles. The predicted molar refractivity (Wildman–Crippen MR) is 297 cm³/mol. The molecule has 6 aromatic rings. The number of methoxy groups -OCH3 is 3. The van der Waals surface area contributed by atoms with Crippen molar-refractivity contribution in [2.75, 3.05) is 47.5 Å². The summed E-state index contributed by atoms with van der Waals surface area (Å²) in [5.41, 5.74) is 4.52. The lowest BCUT2D eigenvalue weighted by Gasteiger charge is -2.42. The second-order valence-corrected chi connectivity index (χ2v) is 21.0. The molecule has 0 spiro atoms. The standard InChI is InChI=1S/C52H57FN10O9S.3H2S/c1-26(2)43(58-50(66)69-3)47(64)61-16-6-8-36(61)46-55-23-34(57-46)29-19-32(53)42-38-20-30-18-28(12-13-35(30)63(38)49(72-39(42)21-29)41-15-14-40(73-41)27-10-11-27)33-22-54-45(56-33)37-9-7-17-62(37)48(65)44(59-51(67)70-4)31-24-60(25-31)52(68)71-5;;;/h12-15,18-23,26-27,31,36-37,43-44,49H,6-11,16-17,24-25H2,1-5H3,(H,54,56)(H,55,57)(H,58,66)(H,59,67);3*1H2/t36-,37-,43-,44?,49?;;;/m0.../s1. The van der Waals surface area contributed by atoms with Crippen molar-refractivity contribution in [3.05, 3.63) is 88.1 Å². The Kier molecular flexibility index (Phi) is 16.7. The lowest BCUT2D eigenvalue weighted by molar-refractivity contribution is -0.137. The van der Waals surface area contributed by atoms with E-state index in [1.807, 2.05) is 44.2 Å². The molecule has 1 aliphatic carbocycles. The van der Waals surface area contributed by atoms with Gasteiger partial charge in [0.1, 0.15) is 35.3 Å². The third-order valence-electron chi connectivity index (χ3n) is 14.9. The lowest BCUT2D eigenvalue weighted by atomic mass is 9.90. The summed E-state index contributed by atoms with van der Waals surface area (Å²) in [5, 5.41) is 6.26. The molecule has 4 aromatic heterocycles. The molecule has 76 heavy (non-hydrogen) atoms. The van der Waals surface area contributed by atoms with Crippen molar-refractivity contribution in [3.63, 3.8) is 0 Å². The van der Waals surface area contributed by atoms with Crippen LogP contribution in [0.4, 0.5) is 18.8 Å². The van der Waals surface area contributed by atoms with E-state index in [2.05, 4.69) is 37.3 Å². The Morgan fingerprint density at radius 2 is 1.37 bits per heavy atom. The number of nitrogens with one attached hydrogen (secondary N) is 4. The summed E-state index contributed by atoms with van der Waals surface area (Å²) in [5.74, 6) is 0.616. The highest BCUT2D eigenvalue weighted by molar-refractivity contribution is 7.59. The van der Waals surface area contributed by atoms with Crippen LogP contribution in [0.1, 0.15) is 98.0 Å². The van der Waals surface area contributed by atoms with Crippen LogP contribution in [0.2, 0.25) is 0 Å². The molecular formula is C52H63FN10O9S4. The molecule has 0 bridgehead atoms. The maximum Gasteiger partial charge on any atom is 0.409 e. The van der Waals surface area contributed by atoms with E-state index in [0.29, 0.717) is 71.8 Å². The maximum absolute atomic E-state index is 17.0. The molecule has 5 amide bonds. The second kappa shape index (κ2) is 22.7. The van der Waals surface area contributed by atoms with E-state index in [1.54, 1.807) is 33.5 Å². The average molecular weight is 1120 g/mol. The zero-order chi connectivity index (χ0) is 50.8. The van der Waals surface area contributed by atoms with Crippen LogP contribution in [0.5, 0.6) is 5.75 Å². The smallest absolute Gasteiger partial charge is 0.409 e. The third kappa shape index (κ3) is 10.3. The summed E-state index contributed by atoms with van der Waals surface area (Å²) < 4.78 is 40.5. The van der Waals surface area contributed by atoms with Crippen LogP contribution in [0.3, 0.4) is 0 Å². The number of fused-ring (bicyclic) bond motifs is 5. The van der Waals surface area contributed by atoms with Gasteiger partial charge in [0, 0.05) is 53.5 Å². The highest BCUT2D eigenvalue weighted by Crippen LogP contribution is 2.50. The van der Waals surface area contributed by atoms with Crippen molar-refractivity contribution < 1.29 is 47.3 Å². The summed E-state index contributed by atoms with van der Waals surface area (Å²) in [4.78, 5) is 88.3. The molecule has 1 saturated carbocycles. The van der Waals surface area contributed by atoms with E-state index < -0.39 is 42.4 Å². The first-order valence-electron chi connectivity index (χ1n) is 24.8. The number of rotatable bonds is 12. The molecule has 2 aromatic carbocycles. The topological polar surface area (TPSA) is 218 Å². The fourth-order valence-corrected chi connectivity index (χ4v) is 12.1. The Hall–Kier alpha value is -6.37. The van der Waals surface area contributed by atoms with Crippen molar-refractivity contribution >= 4 is 92.8 Å². The number of aromatic amines is 2. The van der Waals surface area contributed by atoms with Gasteiger partial charge < -0.3 is 54.2 Å². The van der Waals surface area contributed by atoms with Gasteiger partial charge in [0.05, 0.1) is 78.8 Å². The fourth-order valence-electron chi connectivity index (χ4n) is 10.9. The number of nitrogens with zero attached hydrogens (tertiary/aromatic N) is 6. The molecule has 24 heteroatoms. The van der Waals surface area contributed by atoms with Gasteiger partial charge in [-0.1, -0.05) is 19.9 Å². The van der Waals surface area contributed by atoms with Gasteiger partial charge in [-0.25, -0.2) is 28.7 Å². The van der Waals surface area contributed by atoms with E-state index in [-0.39, 0.29) is 89.3 Å². The molecule has 4 fully saturated rings. The molecule has 5 aliphatic rings. The summed E-state index contributed by atoms with van der Waals surface area (Å²) in [6, 6.07) is 13.2. The minimum atomic E-state index is -0.914. The van der Waals surface area contributed by atoms with E-state index in [9.17, 15) is 24.0 Å². The van der Waals surface area contributed by atoms with Crippen LogP contribution in [-0.4, -0.2) is 129 Å². The minimum Gasteiger partial charge on any atom is -0.464 e. The molecule has 5 atom stereocenters. The summed E-state index contributed by atoms with van der Waals surface area (Å²) >= 11 is 1.72. The highest BCUT2D eigenvalue weighted by Gasteiger charge is 2.46. The number of imidazole rings is 2. The van der Waals surface area contributed by atoms with E-state index >= 15 is 4.39 Å². The number of hydrogen-bond donors (Lipinski definition) is 4. The van der Waals surface area contributed by atoms with Crippen LogP contribution < -0.4 is 15.4 Å². The van der Waals surface area contributed by atoms with Gasteiger partial charge >= 0.3 is 18.3 Å². The number of ether oxygens (including phenoxy) is 4. The number of thiophene rings is 1.